The summed E-state index contributed by atoms with van der Waals surface area (Å²) in [4.78, 5) is 36.7. The molecular weight excluding hydrogens is 469 g/mol. The van der Waals surface area contributed by atoms with E-state index in [0.29, 0.717) is 21.2 Å². The molecule has 0 aliphatic rings. The number of aromatic hydroxyl groups is 1. The molecule has 0 bridgehead atoms. The Balaban J connectivity index is 1.77. The zero-order valence-electron chi connectivity index (χ0n) is 17.3. The number of aliphatic carboxylic acids is 1. The Morgan fingerprint density at radius 2 is 1.58 bits per heavy atom. The number of carboxylic acids is 1. The van der Waals surface area contributed by atoms with Crippen molar-refractivity contribution in [1.82, 2.24) is 9.88 Å². The first kappa shape index (κ1) is 24.2. The van der Waals surface area contributed by atoms with Crippen LogP contribution in [0.2, 0.25) is 10.0 Å². The van der Waals surface area contributed by atoms with E-state index in [4.69, 9.17) is 23.2 Å². The minimum atomic E-state index is -1.11. The summed E-state index contributed by atoms with van der Waals surface area (Å²) in [6.45, 7) is 0.128. The van der Waals surface area contributed by atoms with E-state index >= 15 is 0 Å². The zero-order chi connectivity index (χ0) is 24.0. The normalized spacial score (nSPS) is 11.6. The average Bonchev–Trinajstić information content (AvgIpc) is 2.75. The van der Waals surface area contributed by atoms with Crippen LogP contribution in [0.15, 0.2) is 65.6 Å². The molecule has 3 aromatic rings. The van der Waals surface area contributed by atoms with E-state index in [1.165, 1.54) is 16.8 Å². The van der Waals surface area contributed by atoms with Crippen molar-refractivity contribution < 1.29 is 19.8 Å². The van der Waals surface area contributed by atoms with Crippen LogP contribution < -0.4 is 16.2 Å². The Hall–Kier alpha value is -3.49. The molecule has 0 radical (unpaired) electrons. The SMILES string of the molecule is O=C(O)C[C@@H](Cc1ccccc1Cl)NC(=O)Nc1c(O)ccn(Cc2ccccc2Cl)c1=O. The molecule has 4 N–H and O–H groups in total. The van der Waals surface area contributed by atoms with Crippen LogP contribution in [0, 0.1) is 0 Å². The fourth-order valence-corrected chi connectivity index (χ4v) is 3.67. The van der Waals surface area contributed by atoms with Crippen molar-refractivity contribution in [3.63, 3.8) is 0 Å². The van der Waals surface area contributed by atoms with Gasteiger partial charge in [0, 0.05) is 22.3 Å². The van der Waals surface area contributed by atoms with Gasteiger partial charge in [0.2, 0.25) is 0 Å². The maximum absolute atomic E-state index is 12.8. The highest BCUT2D eigenvalue weighted by Crippen LogP contribution is 2.21. The highest BCUT2D eigenvalue weighted by Gasteiger charge is 2.20. The third-order valence-electron chi connectivity index (χ3n) is 4.86. The van der Waals surface area contributed by atoms with E-state index in [9.17, 15) is 24.6 Å². The Kier molecular flexibility index (Phi) is 7.97. The number of benzene rings is 2. The number of hydrogen-bond donors (Lipinski definition) is 4. The number of halogens is 2. The molecule has 3 rings (SSSR count). The largest absolute Gasteiger partial charge is 0.505 e. The van der Waals surface area contributed by atoms with Crippen molar-refractivity contribution in [3.8, 4) is 5.75 Å². The van der Waals surface area contributed by atoms with E-state index in [2.05, 4.69) is 10.6 Å². The molecule has 0 fully saturated rings. The van der Waals surface area contributed by atoms with E-state index in [-0.39, 0.29) is 25.1 Å². The van der Waals surface area contributed by atoms with E-state index < -0.39 is 29.4 Å². The molecule has 10 heteroatoms. The average molecular weight is 490 g/mol. The highest BCUT2D eigenvalue weighted by atomic mass is 35.5. The number of carbonyl (C=O) groups excluding carboxylic acids is 1. The minimum absolute atomic E-state index is 0.128. The summed E-state index contributed by atoms with van der Waals surface area (Å²) in [7, 11) is 0. The van der Waals surface area contributed by atoms with E-state index in [1.54, 1.807) is 48.5 Å². The van der Waals surface area contributed by atoms with Crippen LogP contribution in [-0.2, 0) is 17.8 Å². The summed E-state index contributed by atoms with van der Waals surface area (Å²) in [6.07, 6.45) is 1.18. The van der Waals surface area contributed by atoms with Gasteiger partial charge in [-0.15, -0.1) is 0 Å². The monoisotopic (exact) mass is 489 g/mol. The van der Waals surface area contributed by atoms with Gasteiger partial charge in [0.1, 0.15) is 5.75 Å². The lowest BCUT2D eigenvalue weighted by atomic mass is 10.0. The van der Waals surface area contributed by atoms with Gasteiger partial charge >= 0.3 is 12.0 Å². The van der Waals surface area contributed by atoms with Crippen LogP contribution in [0.5, 0.6) is 5.75 Å². The number of anilines is 1. The number of carbonyl (C=O) groups is 2. The predicted molar refractivity (Wildman–Crippen MR) is 126 cm³/mol. The summed E-state index contributed by atoms with van der Waals surface area (Å²) in [5, 5.41) is 25.1. The second-order valence-electron chi connectivity index (χ2n) is 7.29. The van der Waals surface area contributed by atoms with Crippen LogP contribution in [0.25, 0.3) is 0 Å². The van der Waals surface area contributed by atoms with Gasteiger partial charge in [-0.2, -0.15) is 0 Å². The van der Waals surface area contributed by atoms with Gasteiger partial charge in [-0.1, -0.05) is 59.6 Å². The van der Waals surface area contributed by atoms with E-state index in [1.807, 2.05) is 0 Å². The molecule has 2 amide bonds. The molecule has 33 heavy (non-hydrogen) atoms. The standard InChI is InChI=1S/C23H21Cl2N3O5/c24-17-7-3-1-5-14(17)11-16(12-20(30)31)26-23(33)27-21-19(29)9-10-28(22(21)32)13-15-6-2-4-8-18(15)25/h1-10,16,29H,11-13H2,(H,30,31)(H2,26,27,33)/t16-/m1/s1. The fraction of sp³-hybridized carbons (Fsp3) is 0.174. The Morgan fingerprint density at radius 3 is 2.18 bits per heavy atom. The fourth-order valence-electron chi connectivity index (χ4n) is 3.27. The summed E-state index contributed by atoms with van der Waals surface area (Å²) in [5.41, 5.74) is 0.360. The number of rotatable bonds is 8. The highest BCUT2D eigenvalue weighted by molar-refractivity contribution is 6.31. The first-order valence-electron chi connectivity index (χ1n) is 9.93. The molecule has 0 aliphatic carbocycles. The van der Waals surface area contributed by atoms with Gasteiger partial charge < -0.3 is 25.4 Å². The van der Waals surface area contributed by atoms with Crippen LogP contribution >= 0.6 is 23.2 Å². The van der Waals surface area contributed by atoms with Gasteiger partial charge in [0.25, 0.3) is 5.56 Å². The topological polar surface area (TPSA) is 121 Å². The molecule has 0 saturated carbocycles. The number of pyridine rings is 1. The quantitative estimate of drug-likeness (QED) is 0.379. The summed E-state index contributed by atoms with van der Waals surface area (Å²) >= 11 is 12.3. The van der Waals surface area contributed by atoms with Crippen molar-refractivity contribution in [2.45, 2.75) is 25.4 Å². The number of nitrogens with zero attached hydrogens (tertiary/aromatic N) is 1. The summed E-state index contributed by atoms with van der Waals surface area (Å²) < 4.78 is 1.29. The zero-order valence-corrected chi connectivity index (χ0v) is 18.8. The van der Waals surface area contributed by atoms with Crippen LogP contribution in [0.1, 0.15) is 17.5 Å². The maximum Gasteiger partial charge on any atom is 0.319 e. The maximum atomic E-state index is 12.8. The van der Waals surface area contributed by atoms with Crippen molar-refractivity contribution in [2.75, 3.05) is 5.32 Å². The molecular formula is C23H21Cl2N3O5. The molecule has 0 aliphatic heterocycles. The smallest absolute Gasteiger partial charge is 0.319 e. The number of carboxylic acid groups (broad SMARTS) is 1. The third kappa shape index (κ3) is 6.50. The van der Waals surface area contributed by atoms with Gasteiger partial charge in [-0.25, -0.2) is 4.79 Å². The number of nitrogens with one attached hydrogen (secondary N) is 2. The summed E-state index contributed by atoms with van der Waals surface area (Å²) in [6, 6.07) is 13.5. The summed E-state index contributed by atoms with van der Waals surface area (Å²) in [5.74, 6) is -1.54. The Morgan fingerprint density at radius 1 is 0.970 bits per heavy atom. The molecule has 1 atom stereocenters. The van der Waals surface area contributed by atoms with Gasteiger partial charge in [0.05, 0.1) is 13.0 Å². The lowest BCUT2D eigenvalue weighted by molar-refractivity contribution is -0.137. The molecule has 1 aromatic heterocycles. The van der Waals surface area contributed by atoms with Crippen LogP contribution in [0.3, 0.4) is 0 Å². The second kappa shape index (κ2) is 10.9. The van der Waals surface area contributed by atoms with Crippen LogP contribution in [0.4, 0.5) is 10.5 Å². The molecule has 2 aromatic carbocycles. The first-order chi connectivity index (χ1) is 15.7. The number of aromatic nitrogens is 1. The first-order valence-corrected chi connectivity index (χ1v) is 10.7. The molecule has 1 heterocycles. The molecule has 8 nitrogen and oxygen atoms in total. The van der Waals surface area contributed by atoms with E-state index in [0.717, 1.165) is 0 Å². The van der Waals surface area contributed by atoms with Crippen molar-refractivity contribution in [2.24, 2.45) is 0 Å². The Bertz CT molecular complexity index is 1230. The number of urea groups is 1. The predicted octanol–water partition coefficient (Wildman–Crippen LogP) is 4.12. The van der Waals surface area contributed by atoms with Gasteiger partial charge in [0.15, 0.2) is 5.69 Å². The molecule has 0 spiro atoms. The second-order valence-corrected chi connectivity index (χ2v) is 8.10. The molecule has 172 valence electrons. The lowest BCUT2D eigenvalue weighted by Gasteiger charge is -2.19. The Labute approximate surface area is 199 Å². The van der Waals surface area contributed by atoms with Crippen molar-refractivity contribution >= 4 is 40.9 Å². The molecule has 0 unspecified atom stereocenters. The number of hydrogen-bond acceptors (Lipinski definition) is 4. The van der Waals surface area contributed by atoms with Crippen molar-refractivity contribution in [3.05, 3.63) is 92.3 Å². The van der Waals surface area contributed by atoms with Gasteiger partial charge in [-0.05, 0) is 35.7 Å². The minimum Gasteiger partial charge on any atom is -0.505 e. The third-order valence-corrected chi connectivity index (χ3v) is 5.60. The molecule has 0 saturated heterocycles. The van der Waals surface area contributed by atoms with Gasteiger partial charge in [-0.3, -0.25) is 9.59 Å². The lowest BCUT2D eigenvalue weighted by Crippen LogP contribution is -2.41. The number of amides is 2. The van der Waals surface area contributed by atoms with Crippen molar-refractivity contribution in [1.29, 1.82) is 0 Å². The van der Waals surface area contributed by atoms with Crippen LogP contribution in [-0.4, -0.2) is 32.8 Å².